The molecule has 1 fully saturated rings. The molecule has 0 saturated carbocycles. The van der Waals surface area contributed by atoms with Gasteiger partial charge in [0.15, 0.2) is 6.61 Å². The number of benzene rings is 1. The van der Waals surface area contributed by atoms with Crippen LogP contribution in [0.5, 0.6) is 5.75 Å². The Kier molecular flexibility index (Phi) is 7.11. The van der Waals surface area contributed by atoms with Crippen LogP contribution in [0.25, 0.3) is 0 Å². The molecule has 1 atom stereocenters. The van der Waals surface area contributed by atoms with Gasteiger partial charge in [-0.25, -0.2) is 4.79 Å². The second-order valence-corrected chi connectivity index (χ2v) is 7.88. The number of rotatable bonds is 7. The number of hydrogen-bond acceptors (Lipinski definition) is 5. The number of thioether (sulfide) groups is 2. The van der Waals surface area contributed by atoms with Crippen molar-refractivity contribution < 1.29 is 19.4 Å². The molecule has 0 aliphatic carbocycles. The minimum Gasteiger partial charge on any atom is -0.484 e. The number of carboxylic acids is 1. The highest BCUT2D eigenvalue weighted by Crippen LogP contribution is 2.43. The van der Waals surface area contributed by atoms with Gasteiger partial charge < -0.3 is 15.2 Å². The van der Waals surface area contributed by atoms with E-state index in [4.69, 9.17) is 9.84 Å². The van der Waals surface area contributed by atoms with Crippen LogP contribution >= 0.6 is 23.5 Å². The second kappa shape index (κ2) is 9.08. The summed E-state index contributed by atoms with van der Waals surface area (Å²) in [6.07, 6.45) is 1.60. The number of amides is 1. The van der Waals surface area contributed by atoms with Crippen LogP contribution in [0.2, 0.25) is 0 Å². The van der Waals surface area contributed by atoms with Gasteiger partial charge in [0.1, 0.15) is 11.8 Å². The number of carboxylic acid groups (broad SMARTS) is 1. The van der Waals surface area contributed by atoms with Crippen LogP contribution in [0, 0.1) is 0 Å². The summed E-state index contributed by atoms with van der Waals surface area (Å²) in [5, 5.41) is 11.3. The van der Waals surface area contributed by atoms with Crippen LogP contribution in [0.15, 0.2) is 24.3 Å². The Hall–Kier alpha value is -1.34. The van der Waals surface area contributed by atoms with Gasteiger partial charge in [-0.2, -0.15) is 0 Å². The van der Waals surface area contributed by atoms with Gasteiger partial charge in [-0.3, -0.25) is 4.79 Å². The number of aliphatic carboxylic acids is 1. The quantitative estimate of drug-likeness (QED) is 0.783. The average molecular weight is 355 g/mol. The molecule has 23 heavy (non-hydrogen) atoms. The lowest BCUT2D eigenvalue weighted by molar-refractivity contribution is -0.142. The van der Waals surface area contributed by atoms with Crippen molar-refractivity contribution in [3.63, 3.8) is 0 Å². The average Bonchev–Trinajstić information content (AvgIpc) is 2.59. The lowest BCUT2D eigenvalue weighted by Gasteiger charge is -2.21. The summed E-state index contributed by atoms with van der Waals surface area (Å²) in [7, 11) is 0. The van der Waals surface area contributed by atoms with E-state index in [2.05, 4.69) is 5.32 Å². The molecule has 1 aromatic rings. The minimum absolute atomic E-state index is 0.184. The van der Waals surface area contributed by atoms with E-state index in [0.29, 0.717) is 16.8 Å². The molecule has 2 rings (SSSR count). The van der Waals surface area contributed by atoms with Gasteiger partial charge in [-0.05, 0) is 42.0 Å². The highest BCUT2D eigenvalue weighted by molar-refractivity contribution is 8.16. The van der Waals surface area contributed by atoms with Crippen molar-refractivity contribution >= 4 is 35.4 Å². The molecule has 1 heterocycles. The molecule has 0 bridgehead atoms. The molecular formula is C16H21NO4S2. The fourth-order valence-corrected chi connectivity index (χ4v) is 5.02. The van der Waals surface area contributed by atoms with Crippen LogP contribution in [0.1, 0.15) is 29.9 Å². The van der Waals surface area contributed by atoms with Crippen LogP contribution in [-0.2, 0) is 9.59 Å². The monoisotopic (exact) mass is 355 g/mol. The second-order valence-electron chi connectivity index (χ2n) is 5.15. The zero-order chi connectivity index (χ0) is 16.7. The van der Waals surface area contributed by atoms with Crippen molar-refractivity contribution in [3.8, 4) is 5.75 Å². The number of carbonyl (C=O) groups is 2. The van der Waals surface area contributed by atoms with Gasteiger partial charge in [0.05, 0.1) is 4.58 Å². The fraction of sp³-hybridized carbons (Fsp3) is 0.500. The van der Waals surface area contributed by atoms with E-state index in [0.717, 1.165) is 0 Å². The van der Waals surface area contributed by atoms with Crippen LogP contribution in [-0.4, -0.2) is 41.1 Å². The van der Waals surface area contributed by atoms with E-state index in [9.17, 15) is 9.59 Å². The van der Waals surface area contributed by atoms with Gasteiger partial charge >= 0.3 is 5.97 Å². The first kappa shape index (κ1) is 18.0. The summed E-state index contributed by atoms with van der Waals surface area (Å²) in [5.41, 5.74) is 1.26. The van der Waals surface area contributed by atoms with Crippen molar-refractivity contribution in [2.45, 2.75) is 30.4 Å². The molecule has 1 saturated heterocycles. The summed E-state index contributed by atoms with van der Waals surface area (Å²) < 4.78 is 5.89. The molecule has 0 spiro atoms. The predicted octanol–water partition coefficient (Wildman–Crippen LogP) is 2.91. The van der Waals surface area contributed by atoms with Crippen molar-refractivity contribution in [3.05, 3.63) is 29.8 Å². The molecule has 1 unspecified atom stereocenters. The Bertz CT molecular complexity index is 529. The standard InChI is InChI=1S/C16H21NO4S2/c1-2-13(15(19)20)17-14(18)10-21-12-6-4-11(5-7-12)16-22-8-3-9-23-16/h4-7,13,16H,2-3,8-10H2,1H3,(H,17,18)(H,19,20). The zero-order valence-electron chi connectivity index (χ0n) is 13.0. The van der Waals surface area contributed by atoms with E-state index in [1.54, 1.807) is 6.92 Å². The summed E-state index contributed by atoms with van der Waals surface area (Å²) in [6.45, 7) is 1.52. The molecule has 1 amide bonds. The Labute approximate surface area is 144 Å². The molecule has 2 N–H and O–H groups in total. The number of ether oxygens (including phenoxy) is 1. The third-order valence-corrected chi connectivity index (χ3v) is 6.41. The lowest BCUT2D eigenvalue weighted by atomic mass is 10.2. The summed E-state index contributed by atoms with van der Waals surface area (Å²) in [6, 6.07) is 6.89. The molecular weight excluding hydrogens is 334 g/mol. The van der Waals surface area contributed by atoms with Gasteiger partial charge in [0.2, 0.25) is 0 Å². The largest absolute Gasteiger partial charge is 0.484 e. The van der Waals surface area contributed by atoms with E-state index in [1.165, 1.54) is 23.5 Å². The normalized spacial score (nSPS) is 16.6. The van der Waals surface area contributed by atoms with Gasteiger partial charge in [0, 0.05) is 0 Å². The number of hydrogen-bond donors (Lipinski definition) is 2. The third-order valence-electron chi connectivity index (χ3n) is 3.39. The van der Waals surface area contributed by atoms with Crippen LogP contribution in [0.3, 0.4) is 0 Å². The maximum Gasteiger partial charge on any atom is 0.326 e. The van der Waals surface area contributed by atoms with Gasteiger partial charge in [0.25, 0.3) is 5.91 Å². The Morgan fingerprint density at radius 3 is 2.52 bits per heavy atom. The predicted molar refractivity (Wildman–Crippen MR) is 94.1 cm³/mol. The summed E-state index contributed by atoms with van der Waals surface area (Å²) in [5.74, 6) is 1.53. The van der Waals surface area contributed by atoms with Crippen LogP contribution in [0.4, 0.5) is 0 Å². The molecule has 1 aromatic carbocycles. The van der Waals surface area contributed by atoms with Crippen molar-refractivity contribution in [1.29, 1.82) is 0 Å². The fourth-order valence-electron chi connectivity index (χ4n) is 2.12. The Morgan fingerprint density at radius 2 is 1.96 bits per heavy atom. The maximum atomic E-state index is 11.7. The van der Waals surface area contributed by atoms with Crippen molar-refractivity contribution in [2.24, 2.45) is 0 Å². The highest BCUT2D eigenvalue weighted by atomic mass is 32.2. The van der Waals surface area contributed by atoms with E-state index < -0.39 is 17.9 Å². The molecule has 126 valence electrons. The molecule has 5 nitrogen and oxygen atoms in total. The first-order valence-corrected chi connectivity index (χ1v) is 9.68. The van der Waals surface area contributed by atoms with E-state index in [-0.39, 0.29) is 6.61 Å². The zero-order valence-corrected chi connectivity index (χ0v) is 14.6. The molecule has 1 aliphatic rings. The molecule has 0 radical (unpaired) electrons. The summed E-state index contributed by atoms with van der Waals surface area (Å²) >= 11 is 3.91. The highest BCUT2D eigenvalue weighted by Gasteiger charge is 2.18. The Morgan fingerprint density at radius 1 is 1.30 bits per heavy atom. The first-order chi connectivity index (χ1) is 11.1. The number of carbonyl (C=O) groups excluding carboxylic acids is 1. The smallest absolute Gasteiger partial charge is 0.326 e. The molecule has 7 heteroatoms. The van der Waals surface area contributed by atoms with Crippen LogP contribution < -0.4 is 10.1 Å². The van der Waals surface area contributed by atoms with E-state index >= 15 is 0 Å². The first-order valence-electron chi connectivity index (χ1n) is 7.58. The van der Waals surface area contributed by atoms with E-state index in [1.807, 2.05) is 47.8 Å². The van der Waals surface area contributed by atoms with Gasteiger partial charge in [-0.15, -0.1) is 23.5 Å². The lowest BCUT2D eigenvalue weighted by Crippen LogP contribution is -2.42. The minimum atomic E-state index is -1.03. The Balaban J connectivity index is 1.81. The van der Waals surface area contributed by atoms with Crippen molar-refractivity contribution in [2.75, 3.05) is 18.1 Å². The maximum absolute atomic E-state index is 11.7. The molecule has 1 aliphatic heterocycles. The third kappa shape index (κ3) is 5.66. The topological polar surface area (TPSA) is 75.6 Å². The number of nitrogens with one attached hydrogen (secondary N) is 1. The molecule has 0 aromatic heterocycles. The summed E-state index contributed by atoms with van der Waals surface area (Å²) in [4.78, 5) is 22.6. The van der Waals surface area contributed by atoms with Crippen molar-refractivity contribution in [1.82, 2.24) is 5.32 Å². The SMILES string of the molecule is CCC(NC(=O)COc1ccc(C2SCCCS2)cc1)C(=O)O. The van der Waals surface area contributed by atoms with Gasteiger partial charge in [-0.1, -0.05) is 19.1 Å².